The van der Waals surface area contributed by atoms with Crippen molar-refractivity contribution in [1.29, 1.82) is 0 Å². The van der Waals surface area contributed by atoms with E-state index in [-0.39, 0.29) is 45.7 Å². The molecule has 2 aliphatic carbocycles. The van der Waals surface area contributed by atoms with Crippen LogP contribution >= 0.6 is 0 Å². The van der Waals surface area contributed by atoms with Gasteiger partial charge < -0.3 is 15.2 Å². The van der Waals surface area contributed by atoms with Crippen molar-refractivity contribution in [2.75, 3.05) is 5.32 Å². The van der Waals surface area contributed by atoms with Crippen LogP contribution in [-0.2, 0) is 16.8 Å². The molecule has 2 amide bonds. The minimum absolute atomic E-state index is 0.0301. The minimum atomic E-state index is -3.04. The first-order valence-corrected chi connectivity index (χ1v) is 12.0. The molecular weight excluding hydrogens is 508 g/mol. The van der Waals surface area contributed by atoms with Gasteiger partial charge in [-0.3, -0.25) is 19.5 Å². The number of ketones is 1. The van der Waals surface area contributed by atoms with E-state index in [1.807, 2.05) is 0 Å². The van der Waals surface area contributed by atoms with Crippen LogP contribution in [0.1, 0.15) is 68.7 Å². The third-order valence-electron chi connectivity index (χ3n) is 7.79. The Morgan fingerprint density at radius 3 is 2.39 bits per heavy atom. The maximum atomic E-state index is 14.0. The lowest BCUT2D eigenvalue weighted by Crippen LogP contribution is -2.61. The zero-order valence-corrected chi connectivity index (χ0v) is 20.3. The first kappa shape index (κ1) is 24.3. The molecule has 1 aliphatic heterocycles. The number of benzene rings is 1. The summed E-state index contributed by atoms with van der Waals surface area (Å²) < 4.78 is 57.5. The molecule has 9 nitrogen and oxygen atoms in total. The second-order valence-corrected chi connectivity index (χ2v) is 10.4. The number of carbonyl (C=O) groups is 3. The number of nitrogens with zero attached hydrogens (tertiary/aromatic N) is 3. The maximum Gasteiger partial charge on any atom is 0.293 e. The fraction of sp³-hybridized carbons (Fsp3) is 0.400. The van der Waals surface area contributed by atoms with Crippen molar-refractivity contribution >= 4 is 23.3 Å². The number of hydrogen-bond donors (Lipinski definition) is 3. The normalized spacial score (nSPS) is 21.7. The summed E-state index contributed by atoms with van der Waals surface area (Å²) >= 11 is 0. The van der Waals surface area contributed by atoms with Crippen LogP contribution in [0.2, 0.25) is 0 Å². The quantitative estimate of drug-likeness (QED) is 0.256. The summed E-state index contributed by atoms with van der Waals surface area (Å²) in [6.45, 7) is 2.79. The first-order valence-electron chi connectivity index (χ1n) is 12.0. The van der Waals surface area contributed by atoms with E-state index in [1.54, 1.807) is 4.57 Å². The lowest BCUT2D eigenvalue weighted by atomic mass is 9.71. The van der Waals surface area contributed by atoms with E-state index in [1.165, 1.54) is 20.0 Å². The largest absolute Gasteiger partial charge is 0.337 e. The monoisotopic (exact) mass is 530 g/mol. The van der Waals surface area contributed by atoms with Gasteiger partial charge >= 0.3 is 0 Å². The summed E-state index contributed by atoms with van der Waals surface area (Å²) in [6.07, 6.45) is 1.07. The predicted octanol–water partition coefficient (Wildman–Crippen LogP) is 3.49. The summed E-state index contributed by atoms with van der Waals surface area (Å²) in [7, 11) is 0. The van der Waals surface area contributed by atoms with Crippen molar-refractivity contribution in [3.05, 3.63) is 63.7 Å². The molecule has 3 aromatic rings. The van der Waals surface area contributed by atoms with Gasteiger partial charge in [0, 0.05) is 42.0 Å². The molecule has 198 valence electrons. The highest BCUT2D eigenvalue weighted by molar-refractivity contribution is 6.44. The van der Waals surface area contributed by atoms with Gasteiger partial charge in [0.2, 0.25) is 0 Å². The molecule has 0 spiro atoms. The number of halogens is 4. The second kappa shape index (κ2) is 7.98. The molecule has 6 rings (SSSR count). The van der Waals surface area contributed by atoms with Gasteiger partial charge in [-0.2, -0.15) is 0 Å². The average Bonchev–Trinajstić information content (AvgIpc) is 3.15. The Kier molecular flexibility index (Phi) is 5.11. The van der Waals surface area contributed by atoms with Crippen LogP contribution < -0.4 is 10.6 Å². The van der Waals surface area contributed by atoms with E-state index >= 15 is 0 Å². The van der Waals surface area contributed by atoms with Crippen molar-refractivity contribution in [3.8, 4) is 0 Å². The van der Waals surface area contributed by atoms with Gasteiger partial charge in [0.15, 0.2) is 0 Å². The number of H-pyrrole nitrogens is 1. The Morgan fingerprint density at radius 2 is 1.79 bits per heavy atom. The molecule has 2 fully saturated rings. The molecular formula is C25H22F4N6O3. The van der Waals surface area contributed by atoms with Gasteiger partial charge in [-0.25, -0.2) is 17.6 Å². The Morgan fingerprint density at radius 1 is 1.11 bits per heavy atom. The second-order valence-electron chi connectivity index (χ2n) is 10.4. The summed E-state index contributed by atoms with van der Waals surface area (Å²) in [6, 6.07) is 1.96. The number of aromatic nitrogens is 4. The molecule has 13 heteroatoms. The van der Waals surface area contributed by atoms with E-state index in [0.29, 0.717) is 12.1 Å². The zero-order valence-electron chi connectivity index (χ0n) is 20.3. The number of carbonyl (C=O) groups excluding carboxylic acids is 3. The van der Waals surface area contributed by atoms with Crippen LogP contribution in [0.3, 0.4) is 0 Å². The standard InChI is InChI=1S/C25H22F4N6O3/c1-10-14(26)5-13(6-15(10)27)31-22(37)20-11(2)19(17-4-12-3-16(12)35(17)20)21(36)23(38)32-24(8-25(28,29)9-24)18-7-30-34-33-18/h5-7,12,16H,3-4,8-9H2,1-2H3,(H,31,37)(H,32,38)(H,30,33,34)/t12-,16-/m1/s1. The number of aromatic amines is 1. The Balaban J connectivity index is 1.32. The number of rotatable bonds is 6. The highest BCUT2D eigenvalue weighted by Gasteiger charge is 2.60. The zero-order chi connectivity index (χ0) is 27.1. The van der Waals surface area contributed by atoms with E-state index in [0.717, 1.165) is 18.6 Å². The Labute approximate surface area is 213 Å². The molecule has 3 N–H and O–H groups in total. The molecule has 3 heterocycles. The van der Waals surface area contributed by atoms with Crippen molar-refractivity contribution in [3.63, 3.8) is 0 Å². The van der Waals surface area contributed by atoms with Crippen molar-refractivity contribution < 1.29 is 31.9 Å². The molecule has 2 saturated carbocycles. The van der Waals surface area contributed by atoms with Gasteiger partial charge in [-0.15, -0.1) is 5.10 Å². The third-order valence-corrected chi connectivity index (χ3v) is 7.79. The maximum absolute atomic E-state index is 14.0. The third kappa shape index (κ3) is 3.63. The van der Waals surface area contributed by atoms with Gasteiger partial charge in [-0.05, 0) is 50.3 Å². The molecule has 2 atom stereocenters. The smallest absolute Gasteiger partial charge is 0.293 e. The lowest BCUT2D eigenvalue weighted by molar-refractivity contribution is -0.148. The molecule has 2 aromatic heterocycles. The summed E-state index contributed by atoms with van der Waals surface area (Å²) in [5.41, 5.74) is -0.872. The Bertz CT molecular complexity index is 1500. The number of fused-ring (bicyclic) bond motifs is 3. The van der Waals surface area contributed by atoms with Crippen LogP contribution in [0.5, 0.6) is 0 Å². The number of alkyl halides is 2. The molecule has 1 aromatic carbocycles. The highest BCUT2D eigenvalue weighted by atomic mass is 19.3. The average molecular weight is 530 g/mol. The van der Waals surface area contributed by atoms with E-state index in [2.05, 4.69) is 26.0 Å². The number of nitrogens with one attached hydrogen (secondary N) is 3. The molecule has 0 radical (unpaired) electrons. The van der Waals surface area contributed by atoms with Crippen LogP contribution in [-0.4, -0.2) is 43.5 Å². The van der Waals surface area contributed by atoms with Crippen LogP contribution in [0.15, 0.2) is 18.3 Å². The van der Waals surface area contributed by atoms with Crippen LogP contribution in [0, 0.1) is 31.4 Å². The van der Waals surface area contributed by atoms with Crippen LogP contribution in [0.4, 0.5) is 23.2 Å². The number of Topliss-reactive ketones (excluding diaryl/α,β-unsaturated/α-hetero) is 1. The fourth-order valence-electron chi connectivity index (χ4n) is 5.83. The minimum Gasteiger partial charge on any atom is -0.337 e. The van der Waals surface area contributed by atoms with Crippen molar-refractivity contribution in [1.82, 2.24) is 25.3 Å². The number of hydrogen-bond acceptors (Lipinski definition) is 5. The number of anilines is 1. The summed E-state index contributed by atoms with van der Waals surface area (Å²) in [5, 5.41) is 14.6. The Hall–Kier alpha value is -4.03. The summed E-state index contributed by atoms with van der Waals surface area (Å²) in [4.78, 5) is 39.8. The van der Waals surface area contributed by atoms with Crippen molar-refractivity contribution in [2.24, 2.45) is 5.92 Å². The number of amides is 2. The lowest BCUT2D eigenvalue weighted by Gasteiger charge is -2.46. The van der Waals surface area contributed by atoms with E-state index in [9.17, 15) is 31.9 Å². The first-order chi connectivity index (χ1) is 17.9. The predicted molar refractivity (Wildman–Crippen MR) is 124 cm³/mol. The van der Waals surface area contributed by atoms with Gasteiger partial charge in [-0.1, -0.05) is 5.21 Å². The fourth-order valence-corrected chi connectivity index (χ4v) is 5.83. The van der Waals surface area contributed by atoms with Gasteiger partial charge in [0.1, 0.15) is 23.0 Å². The SMILES string of the molecule is Cc1c(F)cc(NC(=O)c2c(C)c(C(=O)C(=O)NC3(c4c[nH]nn4)CC(F)(F)C3)c3n2[C@@H]2C[C@@H]2C3)cc1F. The van der Waals surface area contributed by atoms with E-state index < -0.39 is 53.5 Å². The summed E-state index contributed by atoms with van der Waals surface area (Å²) in [5.74, 6) is -7.23. The molecule has 0 saturated heterocycles. The van der Waals surface area contributed by atoms with Gasteiger partial charge in [0.05, 0.1) is 11.1 Å². The van der Waals surface area contributed by atoms with Crippen LogP contribution in [0.25, 0.3) is 0 Å². The molecule has 0 bridgehead atoms. The highest BCUT2D eigenvalue weighted by Crippen LogP contribution is 2.55. The molecule has 38 heavy (non-hydrogen) atoms. The molecule has 0 unspecified atom stereocenters. The van der Waals surface area contributed by atoms with Gasteiger partial charge in [0.25, 0.3) is 23.5 Å². The molecule has 3 aliphatic rings. The van der Waals surface area contributed by atoms with E-state index in [4.69, 9.17) is 0 Å². The van der Waals surface area contributed by atoms with Crippen molar-refractivity contribution in [2.45, 2.75) is 57.0 Å². The topological polar surface area (TPSA) is 122 Å².